The highest BCUT2D eigenvalue weighted by atomic mass is 16.3. The zero-order valence-electron chi connectivity index (χ0n) is 10.5. The van der Waals surface area contributed by atoms with Crippen LogP contribution < -0.4 is 0 Å². The third-order valence-electron chi connectivity index (χ3n) is 4.16. The van der Waals surface area contributed by atoms with E-state index in [1.54, 1.807) is 0 Å². The van der Waals surface area contributed by atoms with Crippen LogP contribution in [0.2, 0.25) is 0 Å². The number of rotatable bonds is 4. The Morgan fingerprint density at radius 2 is 2.07 bits per heavy atom. The molecule has 0 aliphatic heterocycles. The molecule has 1 heteroatoms. The molecule has 0 amide bonds. The van der Waals surface area contributed by atoms with E-state index in [1.165, 1.54) is 5.57 Å². The van der Waals surface area contributed by atoms with Gasteiger partial charge in [0.25, 0.3) is 0 Å². The molecule has 0 heterocycles. The standard InChI is InChI=1S/C14H24O/c1-5-12(11-15)7-10-14(4)9-6-8-13(14,2)3/h6-8,15H,5,9-11H2,1-4H3/b12-7+/t14-/m1/s1. The maximum Gasteiger partial charge on any atom is 0.0641 e. The predicted octanol–water partition coefficient (Wildman–Crippen LogP) is 3.70. The number of aliphatic hydroxyl groups excluding tert-OH is 1. The molecule has 1 nitrogen and oxygen atoms in total. The van der Waals surface area contributed by atoms with Gasteiger partial charge in [-0.1, -0.05) is 45.9 Å². The van der Waals surface area contributed by atoms with Crippen LogP contribution in [0.5, 0.6) is 0 Å². The molecule has 1 rings (SSSR count). The molecule has 1 N–H and O–H groups in total. The van der Waals surface area contributed by atoms with Gasteiger partial charge in [0.2, 0.25) is 0 Å². The quantitative estimate of drug-likeness (QED) is 0.698. The van der Waals surface area contributed by atoms with Gasteiger partial charge < -0.3 is 5.11 Å². The normalized spacial score (nSPS) is 29.8. The fourth-order valence-electron chi connectivity index (χ4n) is 2.11. The Kier molecular flexibility index (Phi) is 3.77. The highest BCUT2D eigenvalue weighted by Gasteiger charge is 2.40. The van der Waals surface area contributed by atoms with Gasteiger partial charge >= 0.3 is 0 Å². The largest absolute Gasteiger partial charge is 0.392 e. The van der Waals surface area contributed by atoms with Gasteiger partial charge in [-0.05, 0) is 35.7 Å². The van der Waals surface area contributed by atoms with Crippen molar-refractivity contribution in [1.82, 2.24) is 0 Å². The average molecular weight is 208 g/mol. The fraction of sp³-hybridized carbons (Fsp3) is 0.714. The van der Waals surface area contributed by atoms with Crippen molar-refractivity contribution in [3.8, 4) is 0 Å². The molecule has 0 aromatic rings. The van der Waals surface area contributed by atoms with Crippen molar-refractivity contribution in [2.24, 2.45) is 10.8 Å². The molecular weight excluding hydrogens is 184 g/mol. The fourth-order valence-corrected chi connectivity index (χ4v) is 2.11. The first-order chi connectivity index (χ1) is 6.95. The first-order valence-corrected chi connectivity index (χ1v) is 5.91. The van der Waals surface area contributed by atoms with E-state index < -0.39 is 0 Å². The maximum atomic E-state index is 9.13. The van der Waals surface area contributed by atoms with Gasteiger partial charge in [0.05, 0.1) is 6.61 Å². The molecule has 0 fully saturated rings. The molecule has 1 aliphatic carbocycles. The Morgan fingerprint density at radius 1 is 1.40 bits per heavy atom. The van der Waals surface area contributed by atoms with Crippen molar-refractivity contribution in [1.29, 1.82) is 0 Å². The Bertz CT molecular complexity index is 267. The summed E-state index contributed by atoms with van der Waals surface area (Å²) in [5.41, 5.74) is 1.76. The van der Waals surface area contributed by atoms with E-state index in [2.05, 4.69) is 45.9 Å². The molecule has 0 aromatic heterocycles. The van der Waals surface area contributed by atoms with Crippen LogP contribution in [-0.2, 0) is 0 Å². The highest BCUT2D eigenvalue weighted by molar-refractivity contribution is 5.16. The molecule has 0 bridgehead atoms. The van der Waals surface area contributed by atoms with Crippen molar-refractivity contribution in [2.75, 3.05) is 6.61 Å². The van der Waals surface area contributed by atoms with Gasteiger partial charge in [-0.15, -0.1) is 0 Å². The first kappa shape index (κ1) is 12.5. The third kappa shape index (κ3) is 2.52. The summed E-state index contributed by atoms with van der Waals surface area (Å²) >= 11 is 0. The van der Waals surface area contributed by atoms with Gasteiger partial charge in [0, 0.05) is 0 Å². The van der Waals surface area contributed by atoms with E-state index in [9.17, 15) is 0 Å². The van der Waals surface area contributed by atoms with Gasteiger partial charge in [-0.25, -0.2) is 0 Å². The van der Waals surface area contributed by atoms with Gasteiger partial charge in [0.15, 0.2) is 0 Å². The second-order valence-electron chi connectivity index (χ2n) is 5.47. The minimum absolute atomic E-state index is 0.209. The molecule has 86 valence electrons. The lowest BCUT2D eigenvalue weighted by Crippen LogP contribution is -2.29. The molecule has 0 saturated heterocycles. The lowest BCUT2D eigenvalue weighted by molar-refractivity contribution is 0.165. The van der Waals surface area contributed by atoms with E-state index in [4.69, 9.17) is 5.11 Å². The van der Waals surface area contributed by atoms with Gasteiger partial charge in [0.1, 0.15) is 0 Å². The summed E-state index contributed by atoms with van der Waals surface area (Å²) in [6.07, 6.45) is 10.0. The van der Waals surface area contributed by atoms with Crippen LogP contribution in [0.3, 0.4) is 0 Å². The van der Waals surface area contributed by atoms with Crippen molar-refractivity contribution in [2.45, 2.75) is 47.0 Å². The molecule has 0 unspecified atom stereocenters. The molecule has 15 heavy (non-hydrogen) atoms. The minimum atomic E-state index is 0.209. The van der Waals surface area contributed by atoms with Crippen molar-refractivity contribution in [3.05, 3.63) is 23.8 Å². The van der Waals surface area contributed by atoms with E-state index in [1.807, 2.05) is 0 Å². The SMILES string of the molecule is CC/C(=C\C[C@@]1(C)CC=CC1(C)C)CO. The maximum absolute atomic E-state index is 9.13. The summed E-state index contributed by atoms with van der Waals surface area (Å²) in [6.45, 7) is 9.25. The van der Waals surface area contributed by atoms with Crippen LogP contribution in [0.1, 0.15) is 47.0 Å². The van der Waals surface area contributed by atoms with Crippen LogP contribution in [0.15, 0.2) is 23.8 Å². The third-order valence-corrected chi connectivity index (χ3v) is 4.16. The van der Waals surface area contributed by atoms with Crippen LogP contribution in [0.25, 0.3) is 0 Å². The topological polar surface area (TPSA) is 20.2 Å². The Hall–Kier alpha value is -0.560. The molecule has 0 saturated carbocycles. The Balaban J connectivity index is 2.70. The first-order valence-electron chi connectivity index (χ1n) is 5.91. The zero-order valence-corrected chi connectivity index (χ0v) is 10.5. The van der Waals surface area contributed by atoms with Gasteiger partial charge in [-0.3, -0.25) is 0 Å². The molecule has 1 aliphatic rings. The highest BCUT2D eigenvalue weighted by Crippen LogP contribution is 2.50. The number of hydrogen-bond acceptors (Lipinski definition) is 1. The van der Waals surface area contributed by atoms with Crippen molar-refractivity contribution >= 4 is 0 Å². The van der Waals surface area contributed by atoms with Crippen LogP contribution >= 0.6 is 0 Å². The van der Waals surface area contributed by atoms with Crippen LogP contribution in [-0.4, -0.2) is 11.7 Å². The molecular formula is C14H24O. The Morgan fingerprint density at radius 3 is 2.47 bits per heavy atom. The average Bonchev–Trinajstić information content (AvgIpc) is 2.43. The summed E-state index contributed by atoms with van der Waals surface area (Å²) in [5.74, 6) is 0. The van der Waals surface area contributed by atoms with Crippen molar-refractivity contribution < 1.29 is 5.11 Å². The number of hydrogen-bond donors (Lipinski definition) is 1. The minimum Gasteiger partial charge on any atom is -0.392 e. The lowest BCUT2D eigenvalue weighted by atomic mass is 9.67. The smallest absolute Gasteiger partial charge is 0.0641 e. The van der Waals surface area contributed by atoms with E-state index >= 15 is 0 Å². The molecule has 0 radical (unpaired) electrons. The zero-order chi connectivity index (χ0) is 11.5. The monoisotopic (exact) mass is 208 g/mol. The molecule has 1 atom stereocenters. The summed E-state index contributed by atoms with van der Waals surface area (Å²) < 4.78 is 0. The summed E-state index contributed by atoms with van der Waals surface area (Å²) in [6, 6.07) is 0. The summed E-state index contributed by atoms with van der Waals surface area (Å²) in [5, 5.41) is 9.13. The Labute approximate surface area is 93.9 Å². The van der Waals surface area contributed by atoms with Crippen LogP contribution in [0, 0.1) is 10.8 Å². The van der Waals surface area contributed by atoms with E-state index in [0.717, 1.165) is 19.3 Å². The lowest BCUT2D eigenvalue weighted by Gasteiger charge is -2.37. The van der Waals surface area contributed by atoms with Gasteiger partial charge in [-0.2, -0.15) is 0 Å². The van der Waals surface area contributed by atoms with Crippen molar-refractivity contribution in [3.63, 3.8) is 0 Å². The number of allylic oxidation sites excluding steroid dienone is 3. The summed E-state index contributed by atoms with van der Waals surface area (Å²) in [4.78, 5) is 0. The second-order valence-corrected chi connectivity index (χ2v) is 5.47. The molecule has 0 spiro atoms. The second kappa shape index (κ2) is 4.52. The summed E-state index contributed by atoms with van der Waals surface area (Å²) in [7, 11) is 0. The van der Waals surface area contributed by atoms with E-state index in [-0.39, 0.29) is 12.0 Å². The predicted molar refractivity (Wildman–Crippen MR) is 65.7 cm³/mol. The molecule has 0 aromatic carbocycles. The van der Waals surface area contributed by atoms with E-state index in [0.29, 0.717) is 5.41 Å². The number of aliphatic hydroxyl groups is 1. The van der Waals surface area contributed by atoms with Crippen LogP contribution in [0.4, 0.5) is 0 Å².